The van der Waals surface area contributed by atoms with Gasteiger partial charge in [0.2, 0.25) is 5.95 Å². The molecule has 0 fully saturated rings. The summed E-state index contributed by atoms with van der Waals surface area (Å²) < 4.78 is 7.58. The number of rotatable bonds is 2. The summed E-state index contributed by atoms with van der Waals surface area (Å²) in [7, 11) is 0. The Bertz CT molecular complexity index is 681. The van der Waals surface area contributed by atoms with E-state index >= 15 is 0 Å². The van der Waals surface area contributed by atoms with Crippen molar-refractivity contribution in [1.82, 2.24) is 19.7 Å². The number of nitrogens with two attached hydrogens (primary N) is 1. The summed E-state index contributed by atoms with van der Waals surface area (Å²) in [6.45, 7) is 5.61. The first-order chi connectivity index (χ1) is 10.2. The molecule has 0 aliphatic carbocycles. The van der Waals surface area contributed by atoms with E-state index in [-0.39, 0.29) is 0 Å². The van der Waals surface area contributed by atoms with Crippen molar-refractivity contribution in [3.63, 3.8) is 0 Å². The Morgan fingerprint density at radius 1 is 1.33 bits per heavy atom. The second-order valence-corrected chi connectivity index (χ2v) is 5.72. The molecule has 4 rings (SSSR count). The van der Waals surface area contributed by atoms with Gasteiger partial charge in [0.25, 0.3) is 0 Å². The van der Waals surface area contributed by atoms with Crippen LogP contribution in [0.15, 0.2) is 18.2 Å². The Balaban J connectivity index is 1.56. The van der Waals surface area contributed by atoms with Crippen LogP contribution in [-0.4, -0.2) is 32.8 Å². The first-order valence-electron chi connectivity index (χ1n) is 7.39. The summed E-state index contributed by atoms with van der Waals surface area (Å²) in [6, 6.07) is 6.91. The number of nitrogens with zero attached hydrogens (tertiary/aromatic N) is 4. The Labute approximate surface area is 123 Å². The van der Waals surface area contributed by atoms with Crippen LogP contribution < -0.4 is 10.5 Å². The molecule has 1 atom stereocenters. The Hall–Kier alpha value is -2.08. The minimum atomic E-state index is 0.325. The molecule has 0 amide bonds. The first kappa shape index (κ1) is 12.6. The van der Waals surface area contributed by atoms with Crippen molar-refractivity contribution >= 4 is 5.95 Å². The van der Waals surface area contributed by atoms with E-state index in [0.717, 1.165) is 44.2 Å². The zero-order chi connectivity index (χ0) is 14.4. The molecule has 0 radical (unpaired) electrons. The fraction of sp³-hybridized carbons (Fsp3) is 0.467. The van der Waals surface area contributed by atoms with Crippen molar-refractivity contribution in [2.45, 2.75) is 32.5 Å². The zero-order valence-electron chi connectivity index (χ0n) is 12.1. The van der Waals surface area contributed by atoms with Gasteiger partial charge in [-0.2, -0.15) is 4.98 Å². The topological polar surface area (TPSA) is 69.2 Å². The fourth-order valence-corrected chi connectivity index (χ4v) is 3.16. The van der Waals surface area contributed by atoms with Crippen LogP contribution in [0.5, 0.6) is 5.75 Å². The monoisotopic (exact) mass is 285 g/mol. The lowest BCUT2D eigenvalue weighted by Crippen LogP contribution is -2.36. The quantitative estimate of drug-likeness (QED) is 0.902. The van der Waals surface area contributed by atoms with Gasteiger partial charge in [-0.05, 0) is 24.1 Å². The predicted molar refractivity (Wildman–Crippen MR) is 78.9 cm³/mol. The zero-order valence-corrected chi connectivity index (χ0v) is 12.1. The molecule has 1 aromatic heterocycles. The third-order valence-electron chi connectivity index (χ3n) is 4.46. The van der Waals surface area contributed by atoms with Crippen LogP contribution >= 0.6 is 0 Å². The molecule has 6 nitrogen and oxygen atoms in total. The van der Waals surface area contributed by atoms with Gasteiger partial charge in [0.1, 0.15) is 11.6 Å². The van der Waals surface area contributed by atoms with Crippen LogP contribution in [0.25, 0.3) is 0 Å². The number of anilines is 1. The lowest BCUT2D eigenvalue weighted by atomic mass is 10.0. The van der Waals surface area contributed by atoms with Crippen molar-refractivity contribution < 1.29 is 4.74 Å². The molecule has 0 saturated carbocycles. The van der Waals surface area contributed by atoms with Crippen molar-refractivity contribution in [3.8, 4) is 5.75 Å². The van der Waals surface area contributed by atoms with Crippen LogP contribution in [0.1, 0.15) is 29.9 Å². The minimum absolute atomic E-state index is 0.325. The van der Waals surface area contributed by atoms with Crippen molar-refractivity contribution in [1.29, 1.82) is 0 Å². The van der Waals surface area contributed by atoms with E-state index in [4.69, 9.17) is 10.5 Å². The molecule has 1 aromatic carbocycles. The van der Waals surface area contributed by atoms with E-state index in [9.17, 15) is 0 Å². The molecule has 0 spiro atoms. The highest BCUT2D eigenvalue weighted by molar-refractivity contribution is 5.41. The molecule has 1 unspecified atom stereocenters. The molecule has 2 N–H and O–H groups in total. The molecule has 21 heavy (non-hydrogen) atoms. The predicted octanol–water partition coefficient (Wildman–Crippen LogP) is 1.37. The molecule has 2 aliphatic heterocycles. The lowest BCUT2D eigenvalue weighted by Gasteiger charge is -2.32. The van der Waals surface area contributed by atoms with Gasteiger partial charge in [-0.3, -0.25) is 4.90 Å². The molecule has 3 heterocycles. The summed E-state index contributed by atoms with van der Waals surface area (Å²) >= 11 is 0. The molecule has 110 valence electrons. The fourth-order valence-electron chi connectivity index (χ4n) is 3.16. The van der Waals surface area contributed by atoms with Crippen LogP contribution in [0, 0.1) is 0 Å². The highest BCUT2D eigenvalue weighted by Gasteiger charge is 2.25. The Kier molecular flexibility index (Phi) is 2.85. The Morgan fingerprint density at radius 2 is 2.24 bits per heavy atom. The van der Waals surface area contributed by atoms with Crippen LogP contribution in [0.3, 0.4) is 0 Å². The summed E-state index contributed by atoms with van der Waals surface area (Å²) in [5.74, 6) is 2.36. The van der Waals surface area contributed by atoms with E-state index < -0.39 is 0 Å². The van der Waals surface area contributed by atoms with Crippen molar-refractivity contribution in [3.05, 3.63) is 35.2 Å². The number of aromatic nitrogens is 3. The molecule has 6 heteroatoms. The molecular weight excluding hydrogens is 266 g/mol. The summed E-state index contributed by atoms with van der Waals surface area (Å²) in [6.07, 6.45) is 1.02. The number of hydrogen-bond donors (Lipinski definition) is 1. The molecular formula is C15H19N5O. The number of hydrogen-bond acceptors (Lipinski definition) is 5. The third-order valence-corrected chi connectivity index (χ3v) is 4.46. The maximum atomic E-state index is 5.67. The second kappa shape index (κ2) is 4.73. The highest BCUT2D eigenvalue weighted by atomic mass is 16.5. The van der Waals surface area contributed by atoms with Gasteiger partial charge >= 0.3 is 0 Å². The SMILES string of the molecule is CC(c1ccc2c(c1)OCC2)N1CCn2nc(N)nc2C1. The summed E-state index contributed by atoms with van der Waals surface area (Å²) in [4.78, 5) is 6.70. The van der Waals surface area contributed by atoms with E-state index in [1.807, 2.05) is 4.68 Å². The second-order valence-electron chi connectivity index (χ2n) is 5.72. The van der Waals surface area contributed by atoms with Crippen molar-refractivity contribution in [2.24, 2.45) is 0 Å². The van der Waals surface area contributed by atoms with E-state index in [1.165, 1.54) is 11.1 Å². The molecule has 0 bridgehead atoms. The maximum absolute atomic E-state index is 5.67. The van der Waals surface area contributed by atoms with Gasteiger partial charge in [-0.25, -0.2) is 4.68 Å². The minimum Gasteiger partial charge on any atom is -0.493 e. The smallest absolute Gasteiger partial charge is 0.239 e. The van der Waals surface area contributed by atoms with Crippen LogP contribution in [0.4, 0.5) is 5.95 Å². The number of ether oxygens (including phenoxy) is 1. The van der Waals surface area contributed by atoms with Gasteiger partial charge in [-0.15, -0.1) is 5.10 Å². The van der Waals surface area contributed by atoms with Gasteiger partial charge in [0.15, 0.2) is 0 Å². The molecule has 2 aliphatic rings. The highest BCUT2D eigenvalue weighted by Crippen LogP contribution is 2.31. The van der Waals surface area contributed by atoms with Crippen LogP contribution in [0.2, 0.25) is 0 Å². The van der Waals surface area contributed by atoms with Gasteiger partial charge in [0.05, 0.1) is 19.7 Å². The van der Waals surface area contributed by atoms with E-state index in [2.05, 4.69) is 40.1 Å². The molecule has 2 aromatic rings. The lowest BCUT2D eigenvalue weighted by molar-refractivity contribution is 0.158. The summed E-state index contributed by atoms with van der Waals surface area (Å²) in [5, 5.41) is 4.20. The van der Waals surface area contributed by atoms with E-state index in [1.54, 1.807) is 0 Å². The number of fused-ring (bicyclic) bond motifs is 2. The molecule has 0 saturated heterocycles. The van der Waals surface area contributed by atoms with Crippen molar-refractivity contribution in [2.75, 3.05) is 18.9 Å². The standard InChI is InChI=1S/C15H19N5O/c1-10(12-3-2-11-4-7-21-13(11)8-12)19-5-6-20-14(9-19)17-15(16)18-20/h2-3,8,10H,4-7,9H2,1H3,(H2,16,18). The van der Waals surface area contributed by atoms with Crippen LogP contribution in [-0.2, 0) is 19.5 Å². The Morgan fingerprint density at radius 3 is 3.14 bits per heavy atom. The largest absolute Gasteiger partial charge is 0.493 e. The normalized spacial score (nSPS) is 18.9. The number of nitrogen functional groups attached to an aromatic ring is 1. The van der Waals surface area contributed by atoms with E-state index in [0.29, 0.717) is 12.0 Å². The van der Waals surface area contributed by atoms with Gasteiger partial charge < -0.3 is 10.5 Å². The first-order valence-corrected chi connectivity index (χ1v) is 7.39. The average Bonchev–Trinajstić information content (AvgIpc) is 3.09. The van der Waals surface area contributed by atoms with Gasteiger partial charge in [0, 0.05) is 19.0 Å². The maximum Gasteiger partial charge on any atom is 0.239 e. The van der Waals surface area contributed by atoms with Gasteiger partial charge in [-0.1, -0.05) is 12.1 Å². The number of benzene rings is 1. The average molecular weight is 285 g/mol. The third kappa shape index (κ3) is 2.15. The summed E-state index contributed by atoms with van der Waals surface area (Å²) in [5.41, 5.74) is 8.28.